The lowest BCUT2D eigenvalue weighted by molar-refractivity contribution is -0.157. The van der Waals surface area contributed by atoms with Gasteiger partial charge in [0.15, 0.2) is 12.2 Å². The first-order valence-electron chi connectivity index (χ1n) is 16.5. The second kappa shape index (κ2) is 18.9. The third kappa shape index (κ3) is 14.5. The Kier molecular flexibility index (Phi) is 14.7. The van der Waals surface area contributed by atoms with Gasteiger partial charge in [-0.25, -0.2) is 0 Å². The molecule has 4 heteroatoms. The van der Waals surface area contributed by atoms with Crippen LogP contribution in [-0.2, 0) is 19.1 Å². The summed E-state index contributed by atoms with van der Waals surface area (Å²) >= 11 is 0. The second-order valence-corrected chi connectivity index (χ2v) is 13.5. The number of hydrogen-bond acceptors (Lipinski definition) is 4. The summed E-state index contributed by atoms with van der Waals surface area (Å²) in [5.41, 5.74) is 2.43. The highest BCUT2D eigenvalue weighted by atomic mass is 16.5. The van der Waals surface area contributed by atoms with E-state index in [1.54, 1.807) is 0 Å². The van der Waals surface area contributed by atoms with Crippen molar-refractivity contribution in [3.05, 3.63) is 107 Å². The fraction of sp³-hybridized carbons (Fsp3) is 0.364. The molecule has 0 aliphatic heterocycles. The quantitative estimate of drug-likeness (QED) is 0.141. The van der Waals surface area contributed by atoms with Crippen LogP contribution in [-0.4, -0.2) is 24.1 Å². The SMILES string of the molecule is CC(C)(C)C(=O)OC(C#Cc1ccccc1)CCCC#Cc1ccc(C#CCCCC(C#Cc2ccccc2)OC(=O)C(C)(C)C)cc1. The highest BCUT2D eigenvalue weighted by Gasteiger charge is 2.26. The molecule has 0 saturated heterocycles. The predicted molar refractivity (Wildman–Crippen MR) is 193 cm³/mol. The summed E-state index contributed by atoms with van der Waals surface area (Å²) in [6, 6.07) is 27.3. The zero-order valence-electron chi connectivity index (χ0n) is 29.1. The van der Waals surface area contributed by atoms with E-state index < -0.39 is 23.0 Å². The molecule has 3 aromatic rings. The van der Waals surface area contributed by atoms with Crippen LogP contribution in [0, 0.1) is 58.2 Å². The molecule has 0 bridgehead atoms. The molecule has 246 valence electrons. The molecule has 0 aliphatic rings. The normalized spacial score (nSPS) is 11.8. The standard InChI is InChI=1S/C44H46O4/c1-43(2,3)41(45)47-39(33-31-35-19-11-7-12-20-35)25-17-9-15-23-37-27-29-38(30-28-37)24-16-10-18-26-40(48-42(46)44(4,5)6)34-32-36-21-13-8-14-22-36/h7-8,11-14,19-22,27-30,39-40H,9-10,17-18,25-26H2,1-6H3. The number of rotatable bonds is 8. The Balaban J connectivity index is 1.49. The van der Waals surface area contributed by atoms with E-state index >= 15 is 0 Å². The van der Waals surface area contributed by atoms with Crippen molar-refractivity contribution in [3.63, 3.8) is 0 Å². The Hall–Kier alpha value is -5.16. The highest BCUT2D eigenvalue weighted by molar-refractivity contribution is 5.76. The van der Waals surface area contributed by atoms with Gasteiger partial charge in [-0.2, -0.15) is 0 Å². The summed E-state index contributed by atoms with van der Waals surface area (Å²) in [5, 5.41) is 0. The summed E-state index contributed by atoms with van der Waals surface area (Å²) in [7, 11) is 0. The number of unbranched alkanes of at least 4 members (excludes halogenated alkanes) is 2. The summed E-state index contributed by atoms with van der Waals surface area (Å²) in [6.45, 7) is 11.0. The van der Waals surface area contributed by atoms with Crippen LogP contribution >= 0.6 is 0 Å². The van der Waals surface area contributed by atoms with Crippen LogP contribution in [0.5, 0.6) is 0 Å². The van der Waals surface area contributed by atoms with Crippen LogP contribution < -0.4 is 0 Å². The van der Waals surface area contributed by atoms with Gasteiger partial charge in [0, 0.05) is 35.1 Å². The molecule has 3 rings (SSSR count). The van der Waals surface area contributed by atoms with Crippen molar-refractivity contribution in [2.24, 2.45) is 10.8 Å². The highest BCUT2D eigenvalue weighted by Crippen LogP contribution is 2.19. The molecule has 0 amide bonds. The Morgan fingerprint density at radius 3 is 1.19 bits per heavy atom. The van der Waals surface area contributed by atoms with E-state index in [1.165, 1.54) is 0 Å². The van der Waals surface area contributed by atoms with Crippen molar-refractivity contribution >= 4 is 11.9 Å². The lowest BCUT2D eigenvalue weighted by Gasteiger charge is -2.20. The number of carbonyl (C=O) groups is 2. The minimum atomic E-state index is -0.591. The smallest absolute Gasteiger partial charge is 0.312 e. The molecule has 0 spiro atoms. The van der Waals surface area contributed by atoms with E-state index in [9.17, 15) is 9.59 Å². The van der Waals surface area contributed by atoms with Gasteiger partial charge in [-0.05, 0) is 116 Å². The van der Waals surface area contributed by atoms with Crippen molar-refractivity contribution in [2.75, 3.05) is 0 Å². The van der Waals surface area contributed by atoms with Crippen LogP contribution in [0.3, 0.4) is 0 Å². The van der Waals surface area contributed by atoms with Gasteiger partial charge in [0.2, 0.25) is 0 Å². The summed E-state index contributed by atoms with van der Waals surface area (Å²) in [4.78, 5) is 25.0. The first-order chi connectivity index (χ1) is 22.9. The molecular formula is C44H46O4. The second-order valence-electron chi connectivity index (χ2n) is 13.5. The van der Waals surface area contributed by atoms with Gasteiger partial charge in [-0.1, -0.05) is 83.8 Å². The molecule has 0 fully saturated rings. The Morgan fingerprint density at radius 2 is 0.854 bits per heavy atom. The van der Waals surface area contributed by atoms with Crippen LogP contribution in [0.4, 0.5) is 0 Å². The Labute approximate surface area is 288 Å². The van der Waals surface area contributed by atoms with E-state index in [4.69, 9.17) is 9.47 Å². The summed E-state index contributed by atoms with van der Waals surface area (Å²) < 4.78 is 11.5. The Bertz CT molecular complexity index is 1590. The number of benzene rings is 3. The largest absolute Gasteiger partial charge is 0.449 e. The van der Waals surface area contributed by atoms with Crippen molar-refractivity contribution in [1.29, 1.82) is 0 Å². The lowest BCUT2D eigenvalue weighted by atomic mass is 9.97. The fourth-order valence-corrected chi connectivity index (χ4v) is 4.02. The van der Waals surface area contributed by atoms with Gasteiger partial charge in [-0.3, -0.25) is 9.59 Å². The summed E-state index contributed by atoms with van der Waals surface area (Å²) in [5.74, 6) is 24.9. The van der Waals surface area contributed by atoms with E-state index in [2.05, 4.69) is 47.4 Å². The maximum absolute atomic E-state index is 12.5. The van der Waals surface area contributed by atoms with Gasteiger partial charge in [0.1, 0.15) is 0 Å². The van der Waals surface area contributed by atoms with Crippen LogP contribution in [0.1, 0.15) is 102 Å². The van der Waals surface area contributed by atoms with Crippen molar-refractivity contribution in [3.8, 4) is 47.4 Å². The molecule has 4 nitrogen and oxygen atoms in total. The average Bonchev–Trinajstić information content (AvgIpc) is 3.06. The molecular weight excluding hydrogens is 592 g/mol. The van der Waals surface area contributed by atoms with E-state index in [0.717, 1.165) is 35.1 Å². The maximum atomic E-state index is 12.5. The monoisotopic (exact) mass is 638 g/mol. The molecule has 0 N–H and O–H groups in total. The Morgan fingerprint density at radius 1 is 0.521 bits per heavy atom. The van der Waals surface area contributed by atoms with Gasteiger partial charge in [0.05, 0.1) is 10.8 Å². The van der Waals surface area contributed by atoms with E-state index in [1.807, 2.05) is 126 Å². The predicted octanol–water partition coefficient (Wildman–Crippen LogP) is 8.75. The molecule has 0 radical (unpaired) electrons. The lowest BCUT2D eigenvalue weighted by Crippen LogP contribution is -2.27. The van der Waals surface area contributed by atoms with Gasteiger partial charge < -0.3 is 9.47 Å². The fourth-order valence-electron chi connectivity index (χ4n) is 4.02. The molecule has 3 aromatic carbocycles. The molecule has 2 unspecified atom stereocenters. The topological polar surface area (TPSA) is 52.6 Å². The van der Waals surface area contributed by atoms with Gasteiger partial charge in [0.25, 0.3) is 0 Å². The van der Waals surface area contributed by atoms with Crippen molar-refractivity contribution < 1.29 is 19.1 Å². The third-order valence-corrected chi connectivity index (χ3v) is 6.91. The number of ether oxygens (including phenoxy) is 2. The van der Waals surface area contributed by atoms with Crippen molar-refractivity contribution in [2.45, 2.75) is 92.3 Å². The van der Waals surface area contributed by atoms with Gasteiger partial charge >= 0.3 is 11.9 Å². The number of hydrogen-bond donors (Lipinski definition) is 0. The zero-order valence-corrected chi connectivity index (χ0v) is 29.1. The molecule has 0 aliphatic carbocycles. The van der Waals surface area contributed by atoms with Crippen LogP contribution in [0.2, 0.25) is 0 Å². The molecule has 0 aromatic heterocycles. The molecule has 0 saturated carbocycles. The molecule has 48 heavy (non-hydrogen) atoms. The van der Waals surface area contributed by atoms with E-state index in [0.29, 0.717) is 25.7 Å². The van der Waals surface area contributed by atoms with E-state index in [-0.39, 0.29) is 11.9 Å². The minimum absolute atomic E-state index is 0.261. The third-order valence-electron chi connectivity index (χ3n) is 6.91. The first kappa shape index (κ1) is 37.3. The first-order valence-corrected chi connectivity index (χ1v) is 16.5. The van der Waals surface area contributed by atoms with Gasteiger partial charge in [-0.15, -0.1) is 0 Å². The molecule has 2 atom stereocenters. The molecule has 0 heterocycles. The number of carbonyl (C=O) groups excluding carboxylic acids is 2. The van der Waals surface area contributed by atoms with Crippen molar-refractivity contribution in [1.82, 2.24) is 0 Å². The maximum Gasteiger partial charge on any atom is 0.312 e. The average molecular weight is 639 g/mol. The minimum Gasteiger partial charge on any atom is -0.449 e. The van der Waals surface area contributed by atoms with Crippen LogP contribution in [0.25, 0.3) is 0 Å². The number of esters is 2. The zero-order chi connectivity index (χ0) is 34.8. The van der Waals surface area contributed by atoms with Crippen LogP contribution in [0.15, 0.2) is 84.9 Å². The summed E-state index contributed by atoms with van der Waals surface area (Å²) in [6.07, 6.45) is 3.12.